The SMILES string of the molecule is O=C(O)C[C@@H](NC(=O)OCc1ccccc1)C1CCCCO1. The molecule has 1 fully saturated rings. The van der Waals surface area contributed by atoms with Gasteiger partial charge in [-0.1, -0.05) is 30.3 Å². The second-order valence-corrected chi connectivity index (χ2v) is 5.32. The highest BCUT2D eigenvalue weighted by Gasteiger charge is 2.28. The van der Waals surface area contributed by atoms with Crippen molar-refractivity contribution in [2.75, 3.05) is 6.61 Å². The average Bonchev–Trinajstić information content (AvgIpc) is 2.54. The lowest BCUT2D eigenvalue weighted by Gasteiger charge is -2.29. The second-order valence-electron chi connectivity index (χ2n) is 5.32. The number of carboxylic acid groups (broad SMARTS) is 1. The van der Waals surface area contributed by atoms with Gasteiger partial charge in [-0.3, -0.25) is 4.79 Å². The van der Waals surface area contributed by atoms with Gasteiger partial charge in [0.25, 0.3) is 0 Å². The third kappa shape index (κ3) is 5.37. The Labute approximate surface area is 129 Å². The summed E-state index contributed by atoms with van der Waals surface area (Å²) in [5, 5.41) is 11.6. The van der Waals surface area contributed by atoms with Crippen LogP contribution < -0.4 is 5.32 Å². The number of rotatable bonds is 6. The largest absolute Gasteiger partial charge is 0.481 e. The minimum absolute atomic E-state index is 0.151. The lowest BCUT2D eigenvalue weighted by Crippen LogP contribution is -2.47. The number of hydrogen-bond acceptors (Lipinski definition) is 4. The van der Waals surface area contributed by atoms with Crippen molar-refractivity contribution < 1.29 is 24.2 Å². The Kier molecular flexibility index (Phi) is 6.21. The molecule has 1 heterocycles. The van der Waals surface area contributed by atoms with Gasteiger partial charge in [0, 0.05) is 6.61 Å². The highest BCUT2D eigenvalue weighted by atomic mass is 16.5. The number of carbonyl (C=O) groups is 2. The molecule has 2 rings (SSSR count). The van der Waals surface area contributed by atoms with Crippen LogP contribution in [0, 0.1) is 0 Å². The zero-order chi connectivity index (χ0) is 15.8. The number of ether oxygens (including phenoxy) is 2. The first-order chi connectivity index (χ1) is 10.6. The Hall–Kier alpha value is -2.08. The van der Waals surface area contributed by atoms with Crippen LogP contribution in [-0.2, 0) is 20.9 Å². The highest BCUT2D eigenvalue weighted by molar-refractivity contribution is 5.71. The fourth-order valence-electron chi connectivity index (χ4n) is 2.46. The predicted molar refractivity (Wildman–Crippen MR) is 79.4 cm³/mol. The molecular weight excluding hydrogens is 286 g/mol. The van der Waals surface area contributed by atoms with Crippen LogP contribution in [0.25, 0.3) is 0 Å². The van der Waals surface area contributed by atoms with Crippen LogP contribution in [0.5, 0.6) is 0 Å². The van der Waals surface area contributed by atoms with E-state index in [4.69, 9.17) is 14.6 Å². The summed E-state index contributed by atoms with van der Waals surface area (Å²) in [4.78, 5) is 22.8. The molecule has 0 radical (unpaired) electrons. The van der Waals surface area contributed by atoms with Crippen molar-refractivity contribution in [1.82, 2.24) is 5.32 Å². The van der Waals surface area contributed by atoms with Gasteiger partial charge in [0.1, 0.15) is 6.61 Å². The molecule has 6 nitrogen and oxygen atoms in total. The molecule has 6 heteroatoms. The van der Waals surface area contributed by atoms with Gasteiger partial charge in [-0.05, 0) is 24.8 Å². The Morgan fingerprint density at radius 2 is 2.09 bits per heavy atom. The third-order valence-corrected chi connectivity index (χ3v) is 3.57. The van der Waals surface area contributed by atoms with E-state index in [9.17, 15) is 9.59 Å². The van der Waals surface area contributed by atoms with Crippen LogP contribution in [0.1, 0.15) is 31.2 Å². The Bertz CT molecular complexity index is 485. The van der Waals surface area contributed by atoms with E-state index in [-0.39, 0.29) is 19.1 Å². The van der Waals surface area contributed by atoms with Gasteiger partial charge in [-0.25, -0.2) is 4.79 Å². The number of alkyl carbamates (subject to hydrolysis) is 1. The highest BCUT2D eigenvalue weighted by Crippen LogP contribution is 2.18. The first-order valence-electron chi connectivity index (χ1n) is 7.46. The van der Waals surface area contributed by atoms with E-state index < -0.39 is 18.1 Å². The lowest BCUT2D eigenvalue weighted by molar-refractivity contribution is -0.138. The molecule has 0 spiro atoms. The van der Waals surface area contributed by atoms with Gasteiger partial charge in [-0.15, -0.1) is 0 Å². The maximum atomic E-state index is 11.9. The fraction of sp³-hybridized carbons (Fsp3) is 0.500. The van der Waals surface area contributed by atoms with Crippen LogP contribution in [0.15, 0.2) is 30.3 Å². The molecule has 0 aliphatic carbocycles. The van der Waals surface area contributed by atoms with Crippen LogP contribution in [0.3, 0.4) is 0 Å². The van der Waals surface area contributed by atoms with Crippen molar-refractivity contribution in [2.45, 2.75) is 44.4 Å². The van der Waals surface area contributed by atoms with Crippen molar-refractivity contribution >= 4 is 12.1 Å². The van der Waals surface area contributed by atoms with Gasteiger partial charge in [0.2, 0.25) is 0 Å². The number of nitrogens with one attached hydrogen (secondary N) is 1. The summed E-state index contributed by atoms with van der Waals surface area (Å²) < 4.78 is 10.7. The molecule has 0 saturated carbocycles. The standard InChI is InChI=1S/C16H21NO5/c18-15(19)10-13(14-8-4-5-9-21-14)17-16(20)22-11-12-6-2-1-3-7-12/h1-3,6-7,13-14H,4-5,8-11H2,(H,17,20)(H,18,19)/t13-,14?/m1/s1. The maximum absolute atomic E-state index is 11.9. The minimum Gasteiger partial charge on any atom is -0.481 e. The molecule has 1 saturated heterocycles. The van der Waals surface area contributed by atoms with E-state index in [0.29, 0.717) is 6.61 Å². The zero-order valence-electron chi connectivity index (χ0n) is 12.4. The number of benzene rings is 1. The number of aliphatic carboxylic acids is 1. The summed E-state index contributed by atoms with van der Waals surface area (Å²) >= 11 is 0. The van der Waals surface area contributed by atoms with Crippen molar-refractivity contribution in [1.29, 1.82) is 0 Å². The van der Waals surface area contributed by atoms with Gasteiger partial charge >= 0.3 is 12.1 Å². The lowest BCUT2D eigenvalue weighted by atomic mass is 10.00. The Morgan fingerprint density at radius 1 is 1.32 bits per heavy atom. The molecule has 2 N–H and O–H groups in total. The summed E-state index contributed by atoms with van der Waals surface area (Å²) in [7, 11) is 0. The molecule has 22 heavy (non-hydrogen) atoms. The zero-order valence-corrected chi connectivity index (χ0v) is 12.4. The molecule has 1 aliphatic rings. The summed E-state index contributed by atoms with van der Waals surface area (Å²) in [5.74, 6) is -0.970. The first-order valence-corrected chi connectivity index (χ1v) is 7.46. The van der Waals surface area contributed by atoms with E-state index >= 15 is 0 Å². The van der Waals surface area contributed by atoms with Crippen molar-refractivity contribution in [3.05, 3.63) is 35.9 Å². The molecule has 1 aromatic rings. The fourth-order valence-corrected chi connectivity index (χ4v) is 2.46. The normalized spacial score (nSPS) is 19.2. The number of hydrogen-bond donors (Lipinski definition) is 2. The summed E-state index contributed by atoms with van der Waals surface area (Å²) in [6.07, 6.45) is 1.62. The summed E-state index contributed by atoms with van der Waals surface area (Å²) in [6, 6.07) is 8.74. The third-order valence-electron chi connectivity index (χ3n) is 3.57. The van der Waals surface area contributed by atoms with Crippen LogP contribution in [-0.4, -0.2) is 35.9 Å². The Balaban J connectivity index is 1.85. The van der Waals surface area contributed by atoms with Gasteiger partial charge in [0.15, 0.2) is 0 Å². The molecule has 0 bridgehead atoms. The topological polar surface area (TPSA) is 84.9 Å². The van der Waals surface area contributed by atoms with Crippen molar-refractivity contribution in [2.24, 2.45) is 0 Å². The molecular formula is C16H21NO5. The van der Waals surface area contributed by atoms with Gasteiger partial charge < -0.3 is 19.9 Å². The molecule has 1 amide bonds. The average molecular weight is 307 g/mol. The number of carboxylic acids is 1. The van der Waals surface area contributed by atoms with Crippen molar-refractivity contribution in [3.63, 3.8) is 0 Å². The quantitative estimate of drug-likeness (QED) is 0.842. The van der Waals surface area contributed by atoms with Crippen LogP contribution in [0.2, 0.25) is 0 Å². The monoisotopic (exact) mass is 307 g/mol. The Morgan fingerprint density at radius 3 is 2.73 bits per heavy atom. The first kappa shape index (κ1) is 16.3. The van der Waals surface area contributed by atoms with Crippen LogP contribution in [0.4, 0.5) is 4.79 Å². The van der Waals surface area contributed by atoms with Crippen LogP contribution >= 0.6 is 0 Å². The minimum atomic E-state index is -0.970. The van der Waals surface area contributed by atoms with Gasteiger partial charge in [-0.2, -0.15) is 0 Å². The van der Waals surface area contributed by atoms with E-state index in [1.165, 1.54) is 0 Å². The summed E-state index contributed by atoms with van der Waals surface area (Å²) in [5.41, 5.74) is 0.876. The van der Waals surface area contributed by atoms with E-state index in [0.717, 1.165) is 24.8 Å². The number of carbonyl (C=O) groups excluding carboxylic acids is 1. The molecule has 120 valence electrons. The molecule has 1 unspecified atom stereocenters. The molecule has 1 aliphatic heterocycles. The predicted octanol–water partition coefficient (Wildman–Crippen LogP) is 2.33. The van der Waals surface area contributed by atoms with Gasteiger partial charge in [0.05, 0.1) is 18.6 Å². The maximum Gasteiger partial charge on any atom is 0.407 e. The van der Waals surface area contributed by atoms with E-state index in [1.807, 2.05) is 30.3 Å². The molecule has 0 aromatic heterocycles. The number of amides is 1. The van der Waals surface area contributed by atoms with Crippen molar-refractivity contribution in [3.8, 4) is 0 Å². The smallest absolute Gasteiger partial charge is 0.407 e. The molecule has 1 aromatic carbocycles. The summed E-state index contributed by atoms with van der Waals surface area (Å²) in [6.45, 7) is 0.750. The van der Waals surface area contributed by atoms with E-state index in [2.05, 4.69) is 5.32 Å². The second kappa shape index (κ2) is 8.38. The molecule has 2 atom stereocenters. The van der Waals surface area contributed by atoms with E-state index in [1.54, 1.807) is 0 Å².